The number of nitrogens with one attached hydrogen (secondary N) is 1. The largest absolute Gasteiger partial charge is 0.394 e. The number of carbonyl (C=O) groups is 1. The summed E-state index contributed by atoms with van der Waals surface area (Å²) in [7, 11) is 0. The monoisotopic (exact) mass is 221 g/mol. The second-order valence-corrected chi connectivity index (χ2v) is 4.39. The first-order valence-electron chi connectivity index (χ1n) is 5.51. The number of rotatable bonds is 4. The molecule has 0 aliphatic rings. The van der Waals surface area contributed by atoms with Crippen molar-refractivity contribution in [2.24, 2.45) is 0 Å². The molecule has 0 radical (unpaired) electrons. The summed E-state index contributed by atoms with van der Waals surface area (Å²) in [5.74, 6) is -0.140. The highest BCUT2D eigenvalue weighted by atomic mass is 16.3. The van der Waals surface area contributed by atoms with E-state index in [0.717, 1.165) is 5.56 Å². The predicted octanol–water partition coefficient (Wildman–Crippen LogP) is 1.89. The maximum absolute atomic E-state index is 11.9. The molecule has 0 saturated heterocycles. The summed E-state index contributed by atoms with van der Waals surface area (Å²) in [5, 5.41) is 12.1. The first-order chi connectivity index (χ1) is 7.50. The van der Waals surface area contributed by atoms with Gasteiger partial charge in [0.05, 0.1) is 12.1 Å². The quantitative estimate of drug-likeness (QED) is 0.815. The van der Waals surface area contributed by atoms with Crippen molar-refractivity contribution in [3.8, 4) is 0 Å². The van der Waals surface area contributed by atoms with E-state index in [9.17, 15) is 9.90 Å². The Bertz CT molecular complexity index is 353. The Hall–Kier alpha value is -1.35. The molecule has 1 rings (SSSR count). The molecule has 1 amide bonds. The van der Waals surface area contributed by atoms with Crippen LogP contribution in [0, 0.1) is 6.92 Å². The van der Waals surface area contributed by atoms with Crippen molar-refractivity contribution in [1.29, 1.82) is 0 Å². The number of benzene rings is 1. The van der Waals surface area contributed by atoms with E-state index < -0.39 is 5.54 Å². The van der Waals surface area contributed by atoms with E-state index in [0.29, 0.717) is 12.0 Å². The van der Waals surface area contributed by atoms with Gasteiger partial charge in [0, 0.05) is 5.56 Å². The molecule has 16 heavy (non-hydrogen) atoms. The molecule has 0 aromatic heterocycles. The lowest BCUT2D eigenvalue weighted by Crippen LogP contribution is -2.48. The third-order valence-electron chi connectivity index (χ3n) is 2.86. The molecular formula is C13H19NO2. The van der Waals surface area contributed by atoms with Crippen molar-refractivity contribution >= 4 is 5.91 Å². The van der Waals surface area contributed by atoms with Gasteiger partial charge in [-0.15, -0.1) is 0 Å². The zero-order valence-electron chi connectivity index (χ0n) is 10.1. The summed E-state index contributed by atoms with van der Waals surface area (Å²) in [6.07, 6.45) is 0.696. The highest BCUT2D eigenvalue weighted by molar-refractivity contribution is 5.94. The standard InChI is InChI=1S/C13H19NO2/c1-4-13(3,9-15)14-12(16)11-7-5-10(2)6-8-11/h5-8,15H,4,9H2,1-3H3,(H,14,16). The summed E-state index contributed by atoms with van der Waals surface area (Å²) >= 11 is 0. The van der Waals surface area contributed by atoms with E-state index in [1.54, 1.807) is 12.1 Å². The van der Waals surface area contributed by atoms with E-state index in [1.165, 1.54) is 0 Å². The third-order valence-corrected chi connectivity index (χ3v) is 2.86. The Morgan fingerprint density at radius 2 is 1.94 bits per heavy atom. The van der Waals surface area contributed by atoms with Crippen molar-refractivity contribution in [3.63, 3.8) is 0 Å². The Kier molecular flexibility index (Phi) is 4.07. The molecule has 0 fully saturated rings. The van der Waals surface area contributed by atoms with Crippen LogP contribution < -0.4 is 5.32 Å². The van der Waals surface area contributed by atoms with E-state index in [1.807, 2.05) is 32.9 Å². The van der Waals surface area contributed by atoms with Crippen LogP contribution in [0.4, 0.5) is 0 Å². The summed E-state index contributed by atoms with van der Waals surface area (Å²) in [6.45, 7) is 5.69. The minimum atomic E-state index is -0.540. The first kappa shape index (κ1) is 12.7. The molecule has 1 unspecified atom stereocenters. The molecule has 0 saturated carbocycles. The second kappa shape index (κ2) is 5.12. The van der Waals surface area contributed by atoms with Gasteiger partial charge < -0.3 is 10.4 Å². The fourth-order valence-electron chi connectivity index (χ4n) is 1.29. The van der Waals surface area contributed by atoms with Crippen LogP contribution in [-0.4, -0.2) is 23.2 Å². The Morgan fingerprint density at radius 3 is 2.38 bits per heavy atom. The molecule has 1 atom stereocenters. The van der Waals surface area contributed by atoms with Crippen LogP contribution in [0.3, 0.4) is 0 Å². The number of carbonyl (C=O) groups excluding carboxylic acids is 1. The van der Waals surface area contributed by atoms with Gasteiger partial charge in [0.1, 0.15) is 0 Å². The maximum Gasteiger partial charge on any atom is 0.251 e. The van der Waals surface area contributed by atoms with Crippen LogP contribution in [0.15, 0.2) is 24.3 Å². The molecular weight excluding hydrogens is 202 g/mol. The van der Waals surface area contributed by atoms with E-state index in [2.05, 4.69) is 5.32 Å². The molecule has 3 nitrogen and oxygen atoms in total. The number of aliphatic hydroxyl groups is 1. The lowest BCUT2D eigenvalue weighted by Gasteiger charge is -2.27. The first-order valence-corrected chi connectivity index (χ1v) is 5.51. The average molecular weight is 221 g/mol. The number of hydrogen-bond acceptors (Lipinski definition) is 2. The zero-order valence-corrected chi connectivity index (χ0v) is 10.1. The number of aliphatic hydroxyl groups excluding tert-OH is 1. The van der Waals surface area contributed by atoms with Gasteiger partial charge in [-0.3, -0.25) is 4.79 Å². The van der Waals surface area contributed by atoms with Crippen LogP contribution in [0.1, 0.15) is 36.2 Å². The number of aryl methyl sites for hydroxylation is 1. The van der Waals surface area contributed by atoms with Crippen LogP contribution in [-0.2, 0) is 0 Å². The Morgan fingerprint density at radius 1 is 1.38 bits per heavy atom. The second-order valence-electron chi connectivity index (χ2n) is 4.39. The normalized spacial score (nSPS) is 14.2. The summed E-state index contributed by atoms with van der Waals surface area (Å²) in [5.41, 5.74) is 1.21. The fourth-order valence-corrected chi connectivity index (χ4v) is 1.29. The molecule has 0 spiro atoms. The molecule has 2 N–H and O–H groups in total. The average Bonchev–Trinajstić information content (AvgIpc) is 2.29. The highest BCUT2D eigenvalue weighted by Crippen LogP contribution is 2.10. The molecule has 0 heterocycles. The lowest BCUT2D eigenvalue weighted by molar-refractivity contribution is 0.0847. The van der Waals surface area contributed by atoms with Crippen LogP contribution in [0.5, 0.6) is 0 Å². The smallest absolute Gasteiger partial charge is 0.251 e. The summed E-state index contributed by atoms with van der Waals surface area (Å²) < 4.78 is 0. The third kappa shape index (κ3) is 3.07. The SMILES string of the molecule is CCC(C)(CO)NC(=O)c1ccc(C)cc1. The van der Waals surface area contributed by atoms with Crippen LogP contribution in [0.2, 0.25) is 0 Å². The van der Waals surface area contributed by atoms with Crippen molar-refractivity contribution in [1.82, 2.24) is 5.32 Å². The number of hydrogen-bond donors (Lipinski definition) is 2. The zero-order chi connectivity index (χ0) is 12.2. The van der Waals surface area contributed by atoms with Gasteiger partial charge in [0.25, 0.3) is 5.91 Å². The molecule has 0 aliphatic carbocycles. The van der Waals surface area contributed by atoms with Crippen LogP contribution in [0.25, 0.3) is 0 Å². The highest BCUT2D eigenvalue weighted by Gasteiger charge is 2.23. The molecule has 88 valence electrons. The molecule has 1 aromatic rings. The lowest BCUT2D eigenvalue weighted by atomic mass is 9.99. The summed E-state index contributed by atoms with van der Waals surface area (Å²) in [4.78, 5) is 11.9. The van der Waals surface area contributed by atoms with Gasteiger partial charge in [-0.25, -0.2) is 0 Å². The molecule has 3 heteroatoms. The minimum absolute atomic E-state index is 0.0545. The fraction of sp³-hybridized carbons (Fsp3) is 0.462. The van der Waals surface area contributed by atoms with Gasteiger partial charge in [-0.1, -0.05) is 24.6 Å². The minimum Gasteiger partial charge on any atom is -0.394 e. The Balaban J connectivity index is 2.76. The van der Waals surface area contributed by atoms with E-state index in [4.69, 9.17) is 0 Å². The van der Waals surface area contributed by atoms with E-state index in [-0.39, 0.29) is 12.5 Å². The topological polar surface area (TPSA) is 49.3 Å². The van der Waals surface area contributed by atoms with Gasteiger partial charge in [0.2, 0.25) is 0 Å². The Labute approximate surface area is 96.5 Å². The molecule has 1 aromatic carbocycles. The number of amides is 1. The molecule has 0 aliphatic heterocycles. The van der Waals surface area contributed by atoms with Crippen LogP contribution >= 0.6 is 0 Å². The van der Waals surface area contributed by atoms with Crippen molar-refractivity contribution in [2.75, 3.05) is 6.61 Å². The van der Waals surface area contributed by atoms with Gasteiger partial charge in [-0.05, 0) is 32.4 Å². The van der Waals surface area contributed by atoms with Crippen molar-refractivity contribution in [2.45, 2.75) is 32.7 Å². The maximum atomic E-state index is 11.9. The summed E-state index contributed by atoms with van der Waals surface area (Å²) in [6, 6.07) is 7.38. The van der Waals surface area contributed by atoms with Gasteiger partial charge in [-0.2, -0.15) is 0 Å². The van der Waals surface area contributed by atoms with Gasteiger partial charge >= 0.3 is 0 Å². The predicted molar refractivity (Wildman–Crippen MR) is 64.4 cm³/mol. The van der Waals surface area contributed by atoms with Crippen molar-refractivity contribution < 1.29 is 9.90 Å². The van der Waals surface area contributed by atoms with Gasteiger partial charge in [0.15, 0.2) is 0 Å². The molecule has 0 bridgehead atoms. The van der Waals surface area contributed by atoms with Crippen molar-refractivity contribution in [3.05, 3.63) is 35.4 Å². The van der Waals surface area contributed by atoms with E-state index >= 15 is 0 Å².